The highest BCUT2D eigenvalue weighted by molar-refractivity contribution is 7.22. The lowest BCUT2D eigenvalue weighted by Gasteiger charge is -2.20. The summed E-state index contributed by atoms with van der Waals surface area (Å²) in [6.07, 6.45) is 0.0744. The van der Waals surface area contributed by atoms with Gasteiger partial charge in [-0.2, -0.15) is 0 Å². The summed E-state index contributed by atoms with van der Waals surface area (Å²) in [7, 11) is 1.32. The zero-order chi connectivity index (χ0) is 22.7. The number of anilines is 2. The summed E-state index contributed by atoms with van der Waals surface area (Å²) in [4.78, 5) is 28.9. The van der Waals surface area contributed by atoms with Crippen molar-refractivity contribution in [3.05, 3.63) is 66.2 Å². The second-order valence-corrected chi connectivity index (χ2v) is 9.00. The van der Waals surface area contributed by atoms with E-state index in [2.05, 4.69) is 20.5 Å². The number of para-hydroxylation sites is 1. The number of thiazole rings is 1. The lowest BCUT2D eigenvalue weighted by Crippen LogP contribution is -2.28. The van der Waals surface area contributed by atoms with Crippen LogP contribution in [0, 0.1) is 5.41 Å². The Kier molecular flexibility index (Phi) is 5.96. The molecule has 0 saturated carbocycles. The van der Waals surface area contributed by atoms with Gasteiger partial charge in [-0.15, -0.1) is 10.2 Å². The first-order valence-electron chi connectivity index (χ1n) is 10.0. The van der Waals surface area contributed by atoms with Crippen molar-refractivity contribution in [2.24, 2.45) is 5.41 Å². The molecule has 0 unspecified atom stereocenters. The number of Topliss-reactive ketones (excluding diaryl/α,β-unsaturated/α-hetero) is 1. The predicted molar refractivity (Wildman–Crippen MR) is 125 cm³/mol. The summed E-state index contributed by atoms with van der Waals surface area (Å²) in [5, 5.41) is 12.5. The quantitative estimate of drug-likeness (QED) is 0.305. The molecule has 0 atom stereocenters. The molecule has 0 saturated heterocycles. The van der Waals surface area contributed by atoms with E-state index in [1.54, 1.807) is 37.3 Å². The van der Waals surface area contributed by atoms with E-state index in [9.17, 15) is 9.59 Å². The fourth-order valence-corrected chi connectivity index (χ4v) is 4.14. The van der Waals surface area contributed by atoms with Gasteiger partial charge in [-0.25, -0.2) is 4.98 Å². The third-order valence-corrected chi connectivity index (χ3v) is 5.99. The van der Waals surface area contributed by atoms with Crippen LogP contribution in [0.25, 0.3) is 21.5 Å². The summed E-state index contributed by atoms with van der Waals surface area (Å²) in [5.74, 6) is 0.0790. The number of esters is 1. The molecule has 0 amide bonds. The highest BCUT2D eigenvalue weighted by Crippen LogP contribution is 2.28. The van der Waals surface area contributed by atoms with Crippen molar-refractivity contribution < 1.29 is 14.3 Å². The van der Waals surface area contributed by atoms with Crippen LogP contribution >= 0.6 is 11.3 Å². The number of carbonyl (C=O) groups is 2. The molecule has 2 aromatic heterocycles. The molecule has 32 heavy (non-hydrogen) atoms. The standard InChI is InChI=1S/C24H22N4O3S/c1-24(2,22(30)31-3)14-19(29)16-10-8-15(9-11-16)17-12-13-21(28-27-17)26-23-25-18-6-4-5-7-20(18)32-23/h4-13H,14H2,1-3H3,(H,25,26,28). The fourth-order valence-electron chi connectivity index (χ4n) is 3.27. The first-order valence-corrected chi connectivity index (χ1v) is 10.9. The largest absolute Gasteiger partial charge is 0.469 e. The lowest BCUT2D eigenvalue weighted by molar-refractivity contribution is -0.150. The molecule has 0 aliphatic heterocycles. The average Bonchev–Trinajstić information content (AvgIpc) is 3.21. The summed E-state index contributed by atoms with van der Waals surface area (Å²) < 4.78 is 5.88. The van der Waals surface area contributed by atoms with Crippen molar-refractivity contribution >= 4 is 44.3 Å². The number of methoxy groups -OCH3 is 1. The van der Waals surface area contributed by atoms with Crippen LogP contribution < -0.4 is 5.32 Å². The predicted octanol–water partition coefficient (Wildman–Crippen LogP) is 5.27. The number of benzene rings is 2. The topological polar surface area (TPSA) is 94.1 Å². The van der Waals surface area contributed by atoms with E-state index in [-0.39, 0.29) is 12.2 Å². The Balaban J connectivity index is 1.44. The van der Waals surface area contributed by atoms with Gasteiger partial charge in [0.05, 0.1) is 28.4 Å². The van der Waals surface area contributed by atoms with Crippen molar-refractivity contribution in [1.82, 2.24) is 15.2 Å². The van der Waals surface area contributed by atoms with E-state index in [1.807, 2.05) is 48.5 Å². The van der Waals surface area contributed by atoms with Crippen LogP contribution in [0.1, 0.15) is 30.6 Å². The normalized spacial score (nSPS) is 11.3. The fraction of sp³-hybridized carbons (Fsp3) is 0.208. The van der Waals surface area contributed by atoms with Crippen molar-refractivity contribution in [2.75, 3.05) is 12.4 Å². The molecular formula is C24H22N4O3S. The third-order valence-electron chi connectivity index (χ3n) is 5.04. The van der Waals surface area contributed by atoms with Crippen LogP contribution in [-0.2, 0) is 9.53 Å². The molecule has 0 aliphatic rings. The summed E-state index contributed by atoms with van der Waals surface area (Å²) in [6.45, 7) is 3.40. The molecule has 0 spiro atoms. The zero-order valence-electron chi connectivity index (χ0n) is 18.0. The van der Waals surface area contributed by atoms with E-state index >= 15 is 0 Å². The van der Waals surface area contributed by atoms with Crippen molar-refractivity contribution in [3.8, 4) is 11.3 Å². The van der Waals surface area contributed by atoms with E-state index < -0.39 is 11.4 Å². The van der Waals surface area contributed by atoms with Crippen LogP contribution in [-0.4, -0.2) is 34.0 Å². The Morgan fingerprint density at radius 3 is 2.41 bits per heavy atom. The van der Waals surface area contributed by atoms with E-state index in [0.29, 0.717) is 17.1 Å². The van der Waals surface area contributed by atoms with Crippen molar-refractivity contribution in [3.63, 3.8) is 0 Å². The second-order valence-electron chi connectivity index (χ2n) is 7.97. The highest BCUT2D eigenvalue weighted by atomic mass is 32.1. The summed E-state index contributed by atoms with van der Waals surface area (Å²) in [5.41, 5.74) is 2.13. The molecule has 0 fully saturated rings. The number of ether oxygens (including phenoxy) is 1. The van der Waals surface area contributed by atoms with Gasteiger partial charge in [-0.1, -0.05) is 47.7 Å². The molecule has 8 heteroatoms. The molecule has 2 heterocycles. The Bertz CT molecular complexity index is 1230. The lowest BCUT2D eigenvalue weighted by atomic mass is 9.85. The minimum Gasteiger partial charge on any atom is -0.469 e. The number of hydrogen-bond acceptors (Lipinski definition) is 8. The first-order chi connectivity index (χ1) is 15.4. The molecule has 0 bridgehead atoms. The first kappa shape index (κ1) is 21.6. The summed E-state index contributed by atoms with van der Waals surface area (Å²) >= 11 is 1.55. The molecule has 4 rings (SSSR count). The molecule has 4 aromatic rings. The maximum atomic E-state index is 12.6. The van der Waals surface area contributed by atoms with Gasteiger partial charge in [0.1, 0.15) is 0 Å². The van der Waals surface area contributed by atoms with Gasteiger partial charge in [-0.3, -0.25) is 9.59 Å². The Morgan fingerprint density at radius 2 is 1.75 bits per heavy atom. The van der Waals surface area contributed by atoms with Crippen molar-refractivity contribution in [2.45, 2.75) is 20.3 Å². The molecule has 2 aromatic carbocycles. The van der Waals surface area contributed by atoms with Crippen LogP contribution in [0.4, 0.5) is 10.9 Å². The molecular weight excluding hydrogens is 424 g/mol. The smallest absolute Gasteiger partial charge is 0.311 e. The number of ketones is 1. The Labute approximate surface area is 189 Å². The van der Waals surface area contributed by atoms with Gasteiger partial charge >= 0.3 is 5.97 Å². The number of nitrogens with one attached hydrogen (secondary N) is 1. The van der Waals surface area contributed by atoms with Gasteiger partial charge < -0.3 is 10.1 Å². The number of carbonyl (C=O) groups excluding carboxylic acids is 2. The van der Waals surface area contributed by atoms with Gasteiger partial charge in [-0.05, 0) is 38.1 Å². The minimum atomic E-state index is -0.873. The van der Waals surface area contributed by atoms with E-state index in [4.69, 9.17) is 4.74 Å². The van der Waals surface area contributed by atoms with Crippen LogP contribution in [0.2, 0.25) is 0 Å². The second kappa shape index (κ2) is 8.84. The molecule has 162 valence electrons. The highest BCUT2D eigenvalue weighted by Gasteiger charge is 2.31. The van der Waals surface area contributed by atoms with Crippen LogP contribution in [0.3, 0.4) is 0 Å². The maximum absolute atomic E-state index is 12.6. The number of nitrogens with zero attached hydrogens (tertiary/aromatic N) is 3. The van der Waals surface area contributed by atoms with Gasteiger partial charge in [0, 0.05) is 17.5 Å². The van der Waals surface area contributed by atoms with E-state index in [0.717, 1.165) is 20.9 Å². The van der Waals surface area contributed by atoms with Crippen molar-refractivity contribution in [1.29, 1.82) is 0 Å². The number of hydrogen-bond donors (Lipinski definition) is 1. The minimum absolute atomic E-state index is 0.0744. The van der Waals surface area contributed by atoms with Gasteiger partial charge in [0.2, 0.25) is 0 Å². The summed E-state index contributed by atoms with van der Waals surface area (Å²) in [6, 6.07) is 18.8. The van der Waals surface area contributed by atoms with E-state index in [1.165, 1.54) is 7.11 Å². The van der Waals surface area contributed by atoms with Crippen LogP contribution in [0.15, 0.2) is 60.7 Å². The number of rotatable bonds is 7. The maximum Gasteiger partial charge on any atom is 0.311 e. The van der Waals surface area contributed by atoms with Gasteiger partial charge in [0.25, 0.3) is 0 Å². The molecule has 0 radical (unpaired) electrons. The monoisotopic (exact) mass is 446 g/mol. The third kappa shape index (κ3) is 4.65. The zero-order valence-corrected chi connectivity index (χ0v) is 18.8. The Morgan fingerprint density at radius 1 is 1.00 bits per heavy atom. The average molecular weight is 447 g/mol. The number of fused-ring (bicyclic) bond motifs is 1. The van der Waals surface area contributed by atoms with Gasteiger partial charge in [0.15, 0.2) is 16.7 Å². The molecule has 1 N–H and O–H groups in total. The van der Waals surface area contributed by atoms with Crippen LogP contribution in [0.5, 0.6) is 0 Å². The molecule has 0 aliphatic carbocycles. The Hall–Kier alpha value is -3.65. The molecule has 7 nitrogen and oxygen atoms in total. The number of aromatic nitrogens is 3. The SMILES string of the molecule is COC(=O)C(C)(C)CC(=O)c1ccc(-c2ccc(Nc3nc4ccccc4s3)nn2)cc1.